The molecule has 0 radical (unpaired) electrons. The van der Waals surface area contributed by atoms with Gasteiger partial charge in [0.15, 0.2) is 0 Å². The third kappa shape index (κ3) is 5.11. The molecule has 112 valence electrons. The summed E-state index contributed by atoms with van der Waals surface area (Å²) in [6, 6.07) is 7.79. The highest BCUT2D eigenvalue weighted by Gasteiger charge is 2.04. The molecule has 0 spiro atoms. The molecule has 0 saturated heterocycles. The van der Waals surface area contributed by atoms with E-state index in [2.05, 4.69) is 29.1 Å². The summed E-state index contributed by atoms with van der Waals surface area (Å²) >= 11 is 0. The summed E-state index contributed by atoms with van der Waals surface area (Å²) in [4.78, 5) is 18.8. The Bertz CT molecular complexity index is 652. The largest absolute Gasteiger partial charge is 0.311 e. The van der Waals surface area contributed by atoms with Crippen LogP contribution in [0.1, 0.15) is 30.9 Å². The highest BCUT2D eigenvalue weighted by Crippen LogP contribution is 2.07. The Morgan fingerprint density at radius 2 is 2.14 bits per heavy atom. The standard InChI is InChI=1S/C16H20FN3O/c1-11(2)9-18-10-14-8-16(21)20-15(19-14)7-12-4-3-5-13(17)6-12/h3-6,8,11,18H,7,9-10H2,1-2H3,(H,19,20,21). The van der Waals surface area contributed by atoms with Gasteiger partial charge < -0.3 is 10.3 Å². The van der Waals surface area contributed by atoms with Crippen molar-refractivity contribution in [3.63, 3.8) is 0 Å². The Kier molecular flexibility index (Phi) is 5.22. The molecule has 1 aromatic heterocycles. The molecule has 0 amide bonds. The van der Waals surface area contributed by atoms with Gasteiger partial charge in [-0.15, -0.1) is 0 Å². The number of benzene rings is 1. The van der Waals surface area contributed by atoms with Crippen LogP contribution in [-0.2, 0) is 13.0 Å². The highest BCUT2D eigenvalue weighted by molar-refractivity contribution is 5.20. The van der Waals surface area contributed by atoms with Gasteiger partial charge in [-0.3, -0.25) is 4.79 Å². The molecule has 0 atom stereocenters. The van der Waals surface area contributed by atoms with Gasteiger partial charge in [0.1, 0.15) is 11.6 Å². The van der Waals surface area contributed by atoms with Crippen molar-refractivity contribution in [2.24, 2.45) is 5.92 Å². The van der Waals surface area contributed by atoms with E-state index in [0.717, 1.165) is 12.1 Å². The van der Waals surface area contributed by atoms with Crippen molar-refractivity contribution >= 4 is 0 Å². The van der Waals surface area contributed by atoms with Crippen molar-refractivity contribution in [1.29, 1.82) is 0 Å². The van der Waals surface area contributed by atoms with Gasteiger partial charge in [-0.05, 0) is 30.2 Å². The third-order valence-electron chi connectivity index (χ3n) is 2.96. The maximum atomic E-state index is 13.2. The number of nitrogens with one attached hydrogen (secondary N) is 2. The van der Waals surface area contributed by atoms with Crippen molar-refractivity contribution in [1.82, 2.24) is 15.3 Å². The van der Waals surface area contributed by atoms with Gasteiger partial charge >= 0.3 is 0 Å². The van der Waals surface area contributed by atoms with Crippen LogP contribution in [-0.4, -0.2) is 16.5 Å². The fourth-order valence-corrected chi connectivity index (χ4v) is 2.07. The number of halogens is 1. The lowest BCUT2D eigenvalue weighted by molar-refractivity contribution is 0.546. The number of nitrogens with zero attached hydrogens (tertiary/aromatic N) is 1. The second-order valence-corrected chi connectivity index (χ2v) is 5.51. The molecular weight excluding hydrogens is 269 g/mol. The molecule has 0 unspecified atom stereocenters. The van der Waals surface area contributed by atoms with Crippen molar-refractivity contribution < 1.29 is 4.39 Å². The summed E-state index contributed by atoms with van der Waals surface area (Å²) in [5.74, 6) is 0.804. The summed E-state index contributed by atoms with van der Waals surface area (Å²) in [5.41, 5.74) is 1.30. The van der Waals surface area contributed by atoms with Gasteiger partial charge in [0.05, 0.1) is 5.69 Å². The number of hydrogen-bond donors (Lipinski definition) is 2. The average Bonchev–Trinajstić information content (AvgIpc) is 2.37. The first-order valence-electron chi connectivity index (χ1n) is 7.07. The van der Waals surface area contributed by atoms with Crippen LogP contribution in [0.25, 0.3) is 0 Å². The van der Waals surface area contributed by atoms with Crippen LogP contribution in [0.2, 0.25) is 0 Å². The topological polar surface area (TPSA) is 57.8 Å². The first-order valence-corrected chi connectivity index (χ1v) is 7.07. The first kappa shape index (κ1) is 15.4. The number of aromatic nitrogens is 2. The molecule has 0 aliphatic heterocycles. The van der Waals surface area contributed by atoms with E-state index in [1.54, 1.807) is 6.07 Å². The molecule has 2 aromatic rings. The van der Waals surface area contributed by atoms with Crippen molar-refractivity contribution in [3.05, 3.63) is 63.6 Å². The van der Waals surface area contributed by atoms with Crippen LogP contribution in [0.15, 0.2) is 35.1 Å². The second kappa shape index (κ2) is 7.13. The zero-order chi connectivity index (χ0) is 15.2. The Balaban J connectivity index is 2.09. The summed E-state index contributed by atoms with van der Waals surface area (Å²) in [6.07, 6.45) is 0.408. The lowest BCUT2D eigenvalue weighted by Crippen LogP contribution is -2.22. The first-order chi connectivity index (χ1) is 10.0. The monoisotopic (exact) mass is 289 g/mol. The Hall–Kier alpha value is -2.01. The molecule has 0 aliphatic carbocycles. The Morgan fingerprint density at radius 3 is 2.86 bits per heavy atom. The van der Waals surface area contributed by atoms with Crippen molar-refractivity contribution in [2.75, 3.05) is 6.54 Å². The van der Waals surface area contributed by atoms with E-state index >= 15 is 0 Å². The number of H-pyrrole nitrogens is 1. The van der Waals surface area contributed by atoms with E-state index in [1.807, 2.05) is 6.07 Å². The molecule has 1 heterocycles. The average molecular weight is 289 g/mol. The molecule has 5 heteroatoms. The maximum Gasteiger partial charge on any atom is 0.251 e. The van der Waals surface area contributed by atoms with E-state index < -0.39 is 0 Å². The molecule has 2 rings (SSSR count). The van der Waals surface area contributed by atoms with Crippen molar-refractivity contribution in [3.8, 4) is 0 Å². The van der Waals surface area contributed by atoms with Crippen LogP contribution in [0.4, 0.5) is 4.39 Å². The fourth-order valence-electron chi connectivity index (χ4n) is 2.07. The normalized spacial score (nSPS) is 11.0. The smallest absolute Gasteiger partial charge is 0.251 e. The zero-order valence-corrected chi connectivity index (χ0v) is 12.3. The predicted molar refractivity (Wildman–Crippen MR) is 80.6 cm³/mol. The fraction of sp³-hybridized carbons (Fsp3) is 0.375. The van der Waals surface area contributed by atoms with Crippen LogP contribution in [0.5, 0.6) is 0 Å². The predicted octanol–water partition coefficient (Wildman–Crippen LogP) is 2.25. The molecule has 0 saturated carbocycles. The van der Waals surface area contributed by atoms with Crippen LogP contribution < -0.4 is 10.9 Å². The molecule has 21 heavy (non-hydrogen) atoms. The Labute approximate surface area is 123 Å². The third-order valence-corrected chi connectivity index (χ3v) is 2.96. The van der Waals surface area contributed by atoms with Gasteiger partial charge in [0, 0.05) is 19.0 Å². The molecule has 0 aliphatic rings. The molecule has 4 nitrogen and oxygen atoms in total. The minimum Gasteiger partial charge on any atom is -0.311 e. The molecule has 0 fully saturated rings. The van der Waals surface area contributed by atoms with Gasteiger partial charge in [0.25, 0.3) is 5.56 Å². The number of hydrogen-bond acceptors (Lipinski definition) is 3. The Morgan fingerprint density at radius 1 is 1.33 bits per heavy atom. The van der Waals surface area contributed by atoms with E-state index in [9.17, 15) is 9.18 Å². The summed E-state index contributed by atoms with van der Waals surface area (Å²) in [6.45, 7) is 5.66. The minimum absolute atomic E-state index is 0.183. The molecule has 1 aromatic carbocycles. The van der Waals surface area contributed by atoms with Crippen LogP contribution in [0.3, 0.4) is 0 Å². The molecular formula is C16H20FN3O. The van der Waals surface area contributed by atoms with E-state index in [-0.39, 0.29) is 11.4 Å². The number of rotatable bonds is 6. The molecule has 0 bridgehead atoms. The van der Waals surface area contributed by atoms with E-state index in [1.165, 1.54) is 18.2 Å². The van der Waals surface area contributed by atoms with Crippen molar-refractivity contribution in [2.45, 2.75) is 26.8 Å². The highest BCUT2D eigenvalue weighted by atomic mass is 19.1. The van der Waals surface area contributed by atoms with Crippen LogP contribution in [0, 0.1) is 11.7 Å². The van der Waals surface area contributed by atoms with Crippen LogP contribution >= 0.6 is 0 Å². The summed E-state index contributed by atoms with van der Waals surface area (Å²) < 4.78 is 13.2. The van der Waals surface area contributed by atoms with Gasteiger partial charge in [0.2, 0.25) is 0 Å². The second-order valence-electron chi connectivity index (χ2n) is 5.51. The summed E-state index contributed by atoms with van der Waals surface area (Å²) in [5, 5.41) is 3.25. The lowest BCUT2D eigenvalue weighted by Gasteiger charge is -2.08. The van der Waals surface area contributed by atoms with Gasteiger partial charge in [-0.1, -0.05) is 26.0 Å². The lowest BCUT2D eigenvalue weighted by atomic mass is 10.1. The minimum atomic E-state index is -0.287. The quantitative estimate of drug-likeness (QED) is 0.857. The van der Waals surface area contributed by atoms with Gasteiger partial charge in [-0.25, -0.2) is 9.37 Å². The maximum absolute atomic E-state index is 13.2. The summed E-state index contributed by atoms with van der Waals surface area (Å²) in [7, 11) is 0. The SMILES string of the molecule is CC(C)CNCc1cc(=O)[nH]c(Cc2cccc(F)c2)n1. The zero-order valence-electron chi connectivity index (χ0n) is 12.3. The van der Waals surface area contributed by atoms with E-state index in [4.69, 9.17) is 0 Å². The van der Waals surface area contributed by atoms with Gasteiger partial charge in [-0.2, -0.15) is 0 Å². The number of aromatic amines is 1. The van der Waals surface area contributed by atoms with E-state index in [0.29, 0.717) is 30.4 Å². The molecule has 2 N–H and O–H groups in total.